The van der Waals surface area contributed by atoms with E-state index in [4.69, 9.17) is 5.73 Å². The van der Waals surface area contributed by atoms with Crippen LogP contribution < -0.4 is 16.0 Å². The molecule has 19 heavy (non-hydrogen) atoms. The van der Waals surface area contributed by atoms with Crippen LogP contribution in [-0.4, -0.2) is 24.9 Å². The van der Waals surface area contributed by atoms with Crippen molar-refractivity contribution in [2.45, 2.75) is 26.2 Å². The number of nitrogens with two attached hydrogens (primary N) is 1. The molecule has 0 unspecified atom stereocenters. The molecule has 0 fully saturated rings. The van der Waals surface area contributed by atoms with Crippen LogP contribution >= 0.6 is 0 Å². The average Bonchev–Trinajstić information content (AvgIpc) is 2.65. The van der Waals surface area contributed by atoms with Gasteiger partial charge in [-0.2, -0.15) is 0 Å². The highest BCUT2D eigenvalue weighted by molar-refractivity contribution is 6.05. The summed E-state index contributed by atoms with van der Waals surface area (Å²) in [4.78, 5) is 25.2. The van der Waals surface area contributed by atoms with Gasteiger partial charge in [0.25, 0.3) is 0 Å². The third kappa shape index (κ3) is 3.05. The highest BCUT2D eigenvalue weighted by atomic mass is 16.2. The molecule has 0 aliphatic carbocycles. The minimum Gasteiger partial charge on any atom is -0.399 e. The topological polar surface area (TPSA) is 75.4 Å². The molecule has 2 rings (SSSR count). The van der Waals surface area contributed by atoms with Gasteiger partial charge in [0.05, 0.1) is 6.42 Å². The summed E-state index contributed by atoms with van der Waals surface area (Å²) in [7, 11) is 0. The first-order valence-electron chi connectivity index (χ1n) is 6.57. The minimum atomic E-state index is -0.119. The fourth-order valence-electron chi connectivity index (χ4n) is 2.18. The summed E-state index contributed by atoms with van der Waals surface area (Å²) in [5.41, 5.74) is 8.03. The predicted molar refractivity (Wildman–Crippen MR) is 74.8 cm³/mol. The summed E-state index contributed by atoms with van der Waals surface area (Å²) in [5.74, 6) is -0.169. The Balaban J connectivity index is 2.02. The molecule has 1 aliphatic heterocycles. The van der Waals surface area contributed by atoms with Crippen LogP contribution in [0, 0.1) is 0 Å². The van der Waals surface area contributed by atoms with Crippen LogP contribution in [0.25, 0.3) is 0 Å². The molecule has 0 aromatic heterocycles. The maximum absolute atomic E-state index is 11.9. The van der Waals surface area contributed by atoms with Crippen molar-refractivity contribution >= 4 is 23.2 Å². The largest absolute Gasteiger partial charge is 0.399 e. The molecule has 1 aliphatic rings. The Hall–Kier alpha value is -2.04. The van der Waals surface area contributed by atoms with E-state index in [-0.39, 0.29) is 18.4 Å². The van der Waals surface area contributed by atoms with E-state index < -0.39 is 0 Å². The molecule has 0 bridgehead atoms. The molecule has 1 aromatic carbocycles. The van der Waals surface area contributed by atoms with E-state index in [1.165, 1.54) is 4.90 Å². The quantitative estimate of drug-likeness (QED) is 0.615. The third-order valence-electron chi connectivity index (χ3n) is 3.19. The highest BCUT2D eigenvalue weighted by Gasteiger charge is 2.28. The zero-order valence-corrected chi connectivity index (χ0v) is 11.1. The van der Waals surface area contributed by atoms with Gasteiger partial charge in [-0.05, 0) is 30.2 Å². The molecule has 1 aromatic rings. The van der Waals surface area contributed by atoms with Gasteiger partial charge >= 0.3 is 0 Å². The number of carbonyl (C=O) groups excluding carboxylic acids is 2. The number of unbranched alkanes of at least 4 members (excludes halogenated alkanes) is 1. The summed E-state index contributed by atoms with van der Waals surface area (Å²) in [6.45, 7) is 2.81. The number of nitrogens with zero attached hydrogens (tertiary/aromatic N) is 1. The second-order valence-electron chi connectivity index (χ2n) is 4.75. The number of nitrogens with one attached hydrogen (secondary N) is 1. The highest BCUT2D eigenvalue weighted by Crippen LogP contribution is 2.30. The van der Waals surface area contributed by atoms with Crippen molar-refractivity contribution in [3.05, 3.63) is 23.8 Å². The fourth-order valence-corrected chi connectivity index (χ4v) is 2.18. The standard InChI is InChI=1S/C14H19N3O2/c1-2-3-6-16-13(18)9-17-12-5-4-11(15)7-10(12)8-14(17)19/h4-5,7H,2-3,6,8-9,15H2,1H3,(H,16,18). The van der Waals surface area contributed by atoms with Crippen LogP contribution in [0.2, 0.25) is 0 Å². The second-order valence-corrected chi connectivity index (χ2v) is 4.75. The van der Waals surface area contributed by atoms with E-state index in [0.717, 1.165) is 24.1 Å². The summed E-state index contributed by atoms with van der Waals surface area (Å²) < 4.78 is 0. The molecule has 5 nitrogen and oxygen atoms in total. The summed E-state index contributed by atoms with van der Waals surface area (Å²) >= 11 is 0. The predicted octanol–water partition coefficient (Wildman–Crippen LogP) is 1.07. The van der Waals surface area contributed by atoms with Gasteiger partial charge in [-0.3, -0.25) is 9.59 Å². The number of rotatable bonds is 5. The molecule has 0 spiro atoms. The molecule has 5 heteroatoms. The molecule has 102 valence electrons. The lowest BCUT2D eigenvalue weighted by atomic mass is 10.1. The van der Waals surface area contributed by atoms with Gasteiger partial charge < -0.3 is 16.0 Å². The number of hydrogen-bond donors (Lipinski definition) is 2. The number of carbonyl (C=O) groups is 2. The van der Waals surface area contributed by atoms with Crippen molar-refractivity contribution in [1.82, 2.24) is 5.32 Å². The average molecular weight is 261 g/mol. The molecule has 0 saturated heterocycles. The third-order valence-corrected chi connectivity index (χ3v) is 3.19. The monoisotopic (exact) mass is 261 g/mol. The van der Waals surface area contributed by atoms with Crippen LogP contribution in [0.15, 0.2) is 18.2 Å². The van der Waals surface area contributed by atoms with Gasteiger partial charge in [0.1, 0.15) is 6.54 Å². The van der Waals surface area contributed by atoms with E-state index >= 15 is 0 Å². The number of anilines is 2. The van der Waals surface area contributed by atoms with Crippen molar-refractivity contribution in [2.24, 2.45) is 0 Å². The van der Waals surface area contributed by atoms with Crippen LogP contribution in [-0.2, 0) is 16.0 Å². The SMILES string of the molecule is CCCCNC(=O)CN1C(=O)Cc2cc(N)ccc21. The lowest BCUT2D eigenvalue weighted by molar-refractivity contribution is -0.123. The normalized spacial score (nSPS) is 13.5. The Morgan fingerprint density at radius 3 is 3.00 bits per heavy atom. The number of fused-ring (bicyclic) bond motifs is 1. The van der Waals surface area contributed by atoms with Gasteiger partial charge in [-0.1, -0.05) is 13.3 Å². The Bertz CT molecular complexity index is 499. The van der Waals surface area contributed by atoms with Gasteiger partial charge in [0, 0.05) is 17.9 Å². The van der Waals surface area contributed by atoms with Crippen molar-refractivity contribution < 1.29 is 9.59 Å². The first kappa shape index (κ1) is 13.4. The lowest BCUT2D eigenvalue weighted by Crippen LogP contribution is -2.39. The first-order chi connectivity index (χ1) is 9.11. The van der Waals surface area contributed by atoms with E-state index in [9.17, 15) is 9.59 Å². The number of hydrogen-bond acceptors (Lipinski definition) is 3. The Kier molecular flexibility index (Phi) is 4.04. The Morgan fingerprint density at radius 2 is 2.26 bits per heavy atom. The number of amides is 2. The maximum Gasteiger partial charge on any atom is 0.240 e. The van der Waals surface area contributed by atoms with Gasteiger partial charge in [0.2, 0.25) is 11.8 Å². The smallest absolute Gasteiger partial charge is 0.240 e. The Labute approximate surface area is 112 Å². The summed E-state index contributed by atoms with van der Waals surface area (Å²) in [6, 6.07) is 5.34. The molecule has 1 heterocycles. The molecule has 0 radical (unpaired) electrons. The zero-order valence-electron chi connectivity index (χ0n) is 11.1. The van der Waals surface area contributed by atoms with E-state index in [0.29, 0.717) is 18.7 Å². The second kappa shape index (κ2) is 5.73. The number of nitrogen functional groups attached to an aromatic ring is 1. The van der Waals surface area contributed by atoms with Gasteiger partial charge in [-0.25, -0.2) is 0 Å². The molecular formula is C14H19N3O2. The van der Waals surface area contributed by atoms with Crippen molar-refractivity contribution in [3.8, 4) is 0 Å². The molecule has 3 N–H and O–H groups in total. The van der Waals surface area contributed by atoms with Crippen LogP contribution in [0.1, 0.15) is 25.3 Å². The lowest BCUT2D eigenvalue weighted by Gasteiger charge is -2.17. The molecule has 2 amide bonds. The first-order valence-corrected chi connectivity index (χ1v) is 6.57. The molecule has 0 saturated carbocycles. The Morgan fingerprint density at radius 1 is 1.47 bits per heavy atom. The molecular weight excluding hydrogens is 242 g/mol. The van der Waals surface area contributed by atoms with Crippen LogP contribution in [0.4, 0.5) is 11.4 Å². The fraction of sp³-hybridized carbons (Fsp3) is 0.429. The molecule has 0 atom stereocenters. The van der Waals surface area contributed by atoms with Gasteiger partial charge in [-0.15, -0.1) is 0 Å². The van der Waals surface area contributed by atoms with Crippen molar-refractivity contribution in [1.29, 1.82) is 0 Å². The summed E-state index contributed by atoms with van der Waals surface area (Å²) in [6.07, 6.45) is 2.31. The van der Waals surface area contributed by atoms with E-state index in [2.05, 4.69) is 12.2 Å². The summed E-state index contributed by atoms with van der Waals surface area (Å²) in [5, 5.41) is 2.82. The van der Waals surface area contributed by atoms with Crippen molar-refractivity contribution in [3.63, 3.8) is 0 Å². The van der Waals surface area contributed by atoms with Crippen LogP contribution in [0.3, 0.4) is 0 Å². The van der Waals surface area contributed by atoms with Gasteiger partial charge in [0.15, 0.2) is 0 Å². The van der Waals surface area contributed by atoms with Crippen molar-refractivity contribution in [2.75, 3.05) is 23.7 Å². The number of benzene rings is 1. The van der Waals surface area contributed by atoms with E-state index in [1.54, 1.807) is 18.2 Å². The minimum absolute atomic E-state index is 0.0498. The maximum atomic E-state index is 11.9. The zero-order chi connectivity index (χ0) is 13.8. The van der Waals surface area contributed by atoms with E-state index in [1.807, 2.05) is 0 Å². The van der Waals surface area contributed by atoms with Crippen LogP contribution in [0.5, 0.6) is 0 Å².